The summed E-state index contributed by atoms with van der Waals surface area (Å²) in [5.74, 6) is -0.700. The lowest BCUT2D eigenvalue weighted by atomic mass is 10.0. The molecule has 6 nitrogen and oxygen atoms in total. The van der Waals surface area contributed by atoms with Crippen LogP contribution in [0.15, 0.2) is 36.4 Å². The van der Waals surface area contributed by atoms with Crippen LogP contribution in [0.4, 0.5) is 0 Å². The standard InChI is InChI=1S/C21H27N3O3/c1-6-27-21(26)17-11-12-18(23-15(17)3)20(25)22-13-19(24(4)5)16-9-7-14(2)8-10-16/h7-12,19H,6,13H2,1-5H3,(H,22,25). The molecule has 1 heterocycles. The van der Waals surface area contributed by atoms with E-state index in [9.17, 15) is 9.59 Å². The Balaban J connectivity index is 2.08. The molecule has 0 spiro atoms. The van der Waals surface area contributed by atoms with Gasteiger partial charge in [0.05, 0.1) is 23.9 Å². The topological polar surface area (TPSA) is 71.5 Å². The highest BCUT2D eigenvalue weighted by molar-refractivity contribution is 5.95. The van der Waals surface area contributed by atoms with Gasteiger partial charge in [0.1, 0.15) is 5.69 Å². The van der Waals surface area contributed by atoms with Crippen molar-refractivity contribution < 1.29 is 14.3 Å². The van der Waals surface area contributed by atoms with Crippen LogP contribution in [0.2, 0.25) is 0 Å². The Morgan fingerprint density at radius 3 is 2.33 bits per heavy atom. The summed E-state index contributed by atoms with van der Waals surface area (Å²) in [6.45, 7) is 6.24. The molecule has 0 aliphatic carbocycles. The highest BCUT2D eigenvalue weighted by atomic mass is 16.5. The van der Waals surface area contributed by atoms with Gasteiger partial charge in [-0.2, -0.15) is 0 Å². The molecule has 0 bridgehead atoms. The van der Waals surface area contributed by atoms with Crippen LogP contribution in [0.5, 0.6) is 0 Å². The summed E-state index contributed by atoms with van der Waals surface area (Å²) in [5, 5.41) is 2.94. The fourth-order valence-electron chi connectivity index (χ4n) is 2.78. The predicted molar refractivity (Wildman–Crippen MR) is 105 cm³/mol. The molecule has 6 heteroatoms. The maximum Gasteiger partial charge on any atom is 0.339 e. The Hall–Kier alpha value is -2.73. The van der Waals surface area contributed by atoms with Gasteiger partial charge < -0.3 is 15.0 Å². The summed E-state index contributed by atoms with van der Waals surface area (Å²) in [5.41, 5.74) is 3.46. The van der Waals surface area contributed by atoms with E-state index in [4.69, 9.17) is 4.74 Å². The molecule has 1 aromatic heterocycles. The Kier molecular flexibility index (Phi) is 7.07. The molecule has 1 aromatic carbocycles. The van der Waals surface area contributed by atoms with E-state index in [0.29, 0.717) is 24.4 Å². The summed E-state index contributed by atoms with van der Waals surface area (Å²) in [4.78, 5) is 30.7. The molecule has 0 saturated heterocycles. The molecule has 0 aliphatic heterocycles. The fourth-order valence-corrected chi connectivity index (χ4v) is 2.78. The number of aryl methyl sites for hydroxylation is 2. The Morgan fingerprint density at radius 1 is 1.11 bits per heavy atom. The van der Waals surface area contributed by atoms with E-state index in [-0.39, 0.29) is 17.6 Å². The number of nitrogens with zero attached hydrogens (tertiary/aromatic N) is 2. The van der Waals surface area contributed by atoms with Gasteiger partial charge in [0.2, 0.25) is 0 Å². The third-order valence-electron chi connectivity index (χ3n) is 4.36. The van der Waals surface area contributed by atoms with E-state index >= 15 is 0 Å². The monoisotopic (exact) mass is 369 g/mol. The van der Waals surface area contributed by atoms with Gasteiger partial charge in [0, 0.05) is 6.54 Å². The first-order chi connectivity index (χ1) is 12.8. The second-order valence-electron chi connectivity index (χ2n) is 6.65. The van der Waals surface area contributed by atoms with Crippen LogP contribution in [-0.4, -0.2) is 49.0 Å². The van der Waals surface area contributed by atoms with Crippen LogP contribution in [0.1, 0.15) is 50.6 Å². The smallest absolute Gasteiger partial charge is 0.339 e. The van der Waals surface area contributed by atoms with Crippen LogP contribution in [0.3, 0.4) is 0 Å². The lowest BCUT2D eigenvalue weighted by molar-refractivity contribution is 0.0524. The summed E-state index contributed by atoms with van der Waals surface area (Å²) >= 11 is 0. The second-order valence-corrected chi connectivity index (χ2v) is 6.65. The van der Waals surface area contributed by atoms with E-state index < -0.39 is 5.97 Å². The number of rotatable bonds is 7. The minimum Gasteiger partial charge on any atom is -0.462 e. The normalized spacial score (nSPS) is 11.9. The number of amides is 1. The molecule has 2 aromatic rings. The molecular weight excluding hydrogens is 342 g/mol. The summed E-state index contributed by atoms with van der Waals surface area (Å²) in [6, 6.07) is 11.4. The van der Waals surface area contributed by atoms with Gasteiger partial charge in [-0.1, -0.05) is 29.8 Å². The Labute approximate surface area is 160 Å². The highest BCUT2D eigenvalue weighted by Crippen LogP contribution is 2.18. The molecule has 0 fully saturated rings. The van der Waals surface area contributed by atoms with Gasteiger partial charge in [-0.25, -0.2) is 9.78 Å². The number of hydrogen-bond donors (Lipinski definition) is 1. The number of ether oxygens (including phenoxy) is 1. The number of carbonyl (C=O) groups is 2. The van der Waals surface area contributed by atoms with Gasteiger partial charge >= 0.3 is 5.97 Å². The van der Waals surface area contributed by atoms with Crippen molar-refractivity contribution in [1.29, 1.82) is 0 Å². The van der Waals surface area contributed by atoms with Crippen LogP contribution in [0.25, 0.3) is 0 Å². The highest BCUT2D eigenvalue weighted by Gasteiger charge is 2.18. The van der Waals surface area contributed by atoms with Gasteiger partial charge in [-0.15, -0.1) is 0 Å². The number of likely N-dealkylation sites (N-methyl/N-ethyl adjacent to an activating group) is 1. The van der Waals surface area contributed by atoms with Crippen molar-refractivity contribution in [2.24, 2.45) is 0 Å². The van der Waals surface area contributed by atoms with Crippen molar-refractivity contribution in [2.75, 3.05) is 27.2 Å². The number of benzene rings is 1. The molecule has 0 aliphatic rings. The van der Waals surface area contributed by atoms with Gasteiger partial charge in [0.15, 0.2) is 0 Å². The molecule has 27 heavy (non-hydrogen) atoms. The molecular formula is C21H27N3O3. The average Bonchev–Trinajstić information content (AvgIpc) is 2.63. The summed E-state index contributed by atoms with van der Waals surface area (Å²) < 4.78 is 4.99. The third-order valence-corrected chi connectivity index (χ3v) is 4.36. The Morgan fingerprint density at radius 2 is 1.78 bits per heavy atom. The average molecular weight is 369 g/mol. The minimum absolute atomic E-state index is 0.0504. The summed E-state index contributed by atoms with van der Waals surface area (Å²) in [7, 11) is 3.96. The van der Waals surface area contributed by atoms with Crippen LogP contribution >= 0.6 is 0 Å². The van der Waals surface area contributed by atoms with Crippen LogP contribution < -0.4 is 5.32 Å². The largest absolute Gasteiger partial charge is 0.462 e. The maximum atomic E-state index is 12.5. The molecule has 1 unspecified atom stereocenters. The van der Waals surface area contributed by atoms with Crippen LogP contribution in [0, 0.1) is 13.8 Å². The lowest BCUT2D eigenvalue weighted by Crippen LogP contribution is -2.35. The van der Waals surface area contributed by atoms with E-state index in [1.807, 2.05) is 21.0 Å². The van der Waals surface area contributed by atoms with Crippen molar-refractivity contribution in [2.45, 2.75) is 26.8 Å². The predicted octanol–water partition coefficient (Wildman–Crippen LogP) is 2.91. The zero-order valence-corrected chi connectivity index (χ0v) is 16.6. The summed E-state index contributed by atoms with van der Waals surface area (Å²) in [6.07, 6.45) is 0. The zero-order valence-electron chi connectivity index (χ0n) is 16.6. The molecule has 144 valence electrons. The maximum absolute atomic E-state index is 12.5. The number of aromatic nitrogens is 1. The first-order valence-electron chi connectivity index (χ1n) is 8.99. The number of carbonyl (C=O) groups excluding carboxylic acids is 2. The molecule has 1 atom stereocenters. The number of nitrogens with one attached hydrogen (secondary N) is 1. The van der Waals surface area contributed by atoms with E-state index in [1.165, 1.54) is 5.56 Å². The SMILES string of the molecule is CCOC(=O)c1ccc(C(=O)NCC(c2ccc(C)cc2)N(C)C)nc1C. The van der Waals surface area contributed by atoms with Gasteiger partial charge in [-0.3, -0.25) is 4.79 Å². The molecule has 2 rings (SSSR count). The first-order valence-corrected chi connectivity index (χ1v) is 8.99. The van der Waals surface area contributed by atoms with Gasteiger partial charge in [-0.05, 0) is 52.6 Å². The van der Waals surface area contributed by atoms with Crippen molar-refractivity contribution in [3.05, 3.63) is 64.5 Å². The Bertz CT molecular complexity index is 801. The fraction of sp³-hybridized carbons (Fsp3) is 0.381. The minimum atomic E-state index is -0.429. The van der Waals surface area contributed by atoms with Crippen molar-refractivity contribution in [3.8, 4) is 0 Å². The van der Waals surface area contributed by atoms with E-state index in [2.05, 4.69) is 39.5 Å². The molecule has 0 saturated carbocycles. The van der Waals surface area contributed by atoms with E-state index in [1.54, 1.807) is 26.0 Å². The molecule has 1 N–H and O–H groups in total. The van der Waals surface area contributed by atoms with Crippen molar-refractivity contribution in [1.82, 2.24) is 15.2 Å². The molecule has 1 amide bonds. The zero-order chi connectivity index (χ0) is 20.0. The number of pyridine rings is 1. The molecule has 0 radical (unpaired) electrons. The lowest BCUT2D eigenvalue weighted by Gasteiger charge is -2.25. The van der Waals surface area contributed by atoms with Crippen LogP contribution in [-0.2, 0) is 4.74 Å². The quantitative estimate of drug-likeness (QED) is 0.760. The second kappa shape index (κ2) is 9.28. The number of hydrogen-bond acceptors (Lipinski definition) is 5. The number of esters is 1. The third kappa shape index (κ3) is 5.37. The van der Waals surface area contributed by atoms with Crippen molar-refractivity contribution >= 4 is 11.9 Å². The van der Waals surface area contributed by atoms with E-state index in [0.717, 1.165) is 5.56 Å². The van der Waals surface area contributed by atoms with Gasteiger partial charge in [0.25, 0.3) is 5.91 Å². The first kappa shape index (κ1) is 20.6. The van der Waals surface area contributed by atoms with Crippen molar-refractivity contribution in [3.63, 3.8) is 0 Å².